The van der Waals surface area contributed by atoms with Gasteiger partial charge in [-0.15, -0.1) is 0 Å². The minimum absolute atomic E-state index is 0.134. The second-order valence-electron chi connectivity index (χ2n) is 5.43. The highest BCUT2D eigenvalue weighted by atomic mass is 16.5. The first kappa shape index (κ1) is 17.2. The molecule has 0 fully saturated rings. The lowest BCUT2D eigenvalue weighted by Crippen LogP contribution is -2.24. The zero-order valence-electron chi connectivity index (χ0n) is 14.1. The summed E-state index contributed by atoms with van der Waals surface area (Å²) in [4.78, 5) is 29.2. The molecule has 0 amide bonds. The highest BCUT2D eigenvalue weighted by Gasteiger charge is 2.23. The van der Waals surface area contributed by atoms with Crippen molar-refractivity contribution >= 4 is 17.2 Å². The molecule has 1 N–H and O–H groups in total. The number of carbonyl (C=O) groups is 1. The van der Waals surface area contributed by atoms with Crippen molar-refractivity contribution in [2.45, 2.75) is 13.5 Å². The van der Waals surface area contributed by atoms with Crippen LogP contribution in [0.25, 0.3) is 5.52 Å². The largest absolute Gasteiger partial charge is 0.462 e. The van der Waals surface area contributed by atoms with E-state index >= 15 is 0 Å². The van der Waals surface area contributed by atoms with Crippen LogP contribution in [0.3, 0.4) is 0 Å². The molecule has 0 saturated carbocycles. The zero-order valence-corrected chi connectivity index (χ0v) is 14.1. The molecule has 0 aromatic carbocycles. The summed E-state index contributed by atoms with van der Waals surface area (Å²) in [6.07, 6.45) is 4.81. The Balaban J connectivity index is 2.21. The van der Waals surface area contributed by atoms with Crippen molar-refractivity contribution in [2.75, 3.05) is 11.9 Å². The third kappa shape index (κ3) is 3.13. The van der Waals surface area contributed by atoms with E-state index in [4.69, 9.17) is 4.74 Å². The number of pyridine rings is 3. The molecule has 0 radical (unpaired) electrons. The van der Waals surface area contributed by atoms with Gasteiger partial charge in [0.25, 0.3) is 5.56 Å². The molecule has 3 aromatic heterocycles. The lowest BCUT2D eigenvalue weighted by molar-refractivity contribution is 0.0529. The van der Waals surface area contributed by atoms with Gasteiger partial charge in [-0.3, -0.25) is 14.2 Å². The van der Waals surface area contributed by atoms with E-state index in [0.717, 1.165) is 5.56 Å². The molecule has 3 rings (SSSR count). The van der Waals surface area contributed by atoms with Crippen LogP contribution in [0.5, 0.6) is 0 Å². The number of ether oxygens (including phenoxy) is 1. The van der Waals surface area contributed by atoms with Crippen molar-refractivity contribution < 1.29 is 9.53 Å². The van der Waals surface area contributed by atoms with Crippen LogP contribution in [-0.2, 0) is 11.3 Å². The van der Waals surface area contributed by atoms with Crippen LogP contribution in [0, 0.1) is 11.3 Å². The number of nitrogens with zero attached hydrogens (tertiary/aromatic N) is 3. The quantitative estimate of drug-likeness (QED) is 0.711. The summed E-state index contributed by atoms with van der Waals surface area (Å²) in [7, 11) is 0. The summed E-state index contributed by atoms with van der Waals surface area (Å²) < 4.78 is 6.43. The number of esters is 1. The van der Waals surface area contributed by atoms with Crippen LogP contribution in [-0.4, -0.2) is 22.0 Å². The van der Waals surface area contributed by atoms with E-state index in [1.165, 1.54) is 10.6 Å². The molecule has 3 heterocycles. The molecular weight excluding hydrogens is 332 g/mol. The smallest absolute Gasteiger partial charge is 0.342 e. The molecule has 7 heteroatoms. The number of anilines is 1. The van der Waals surface area contributed by atoms with Gasteiger partial charge in [0, 0.05) is 25.1 Å². The number of rotatable bonds is 5. The fourth-order valence-electron chi connectivity index (χ4n) is 2.69. The van der Waals surface area contributed by atoms with Crippen LogP contribution in [0.4, 0.5) is 5.69 Å². The van der Waals surface area contributed by atoms with Gasteiger partial charge < -0.3 is 10.1 Å². The van der Waals surface area contributed by atoms with Crippen molar-refractivity contribution in [3.8, 4) is 6.07 Å². The molecule has 0 atom stereocenters. The predicted molar refractivity (Wildman–Crippen MR) is 95.9 cm³/mol. The molecule has 0 aliphatic heterocycles. The van der Waals surface area contributed by atoms with Gasteiger partial charge in [-0.2, -0.15) is 5.26 Å². The Bertz CT molecular complexity index is 1050. The lowest BCUT2D eigenvalue weighted by Gasteiger charge is -2.16. The summed E-state index contributed by atoms with van der Waals surface area (Å²) in [5.74, 6) is -0.593. The fraction of sp³-hybridized carbons (Fsp3) is 0.158. The Hall–Kier alpha value is -3.66. The number of hydrogen-bond acceptors (Lipinski definition) is 6. The maximum atomic E-state index is 12.7. The predicted octanol–water partition coefficient (Wildman–Crippen LogP) is 2.35. The molecule has 0 bridgehead atoms. The second-order valence-corrected chi connectivity index (χ2v) is 5.43. The molecule has 3 aromatic rings. The first-order valence-corrected chi connectivity index (χ1v) is 8.04. The van der Waals surface area contributed by atoms with Gasteiger partial charge in [0.2, 0.25) is 0 Å². The molecule has 0 aliphatic rings. The van der Waals surface area contributed by atoms with E-state index in [1.54, 1.807) is 49.6 Å². The molecule has 26 heavy (non-hydrogen) atoms. The summed E-state index contributed by atoms with van der Waals surface area (Å²) in [6, 6.07) is 10.5. The molecule has 0 saturated heterocycles. The van der Waals surface area contributed by atoms with E-state index in [2.05, 4.69) is 10.3 Å². The maximum Gasteiger partial charge on any atom is 0.342 e. The van der Waals surface area contributed by atoms with Crippen LogP contribution in [0.15, 0.2) is 53.7 Å². The van der Waals surface area contributed by atoms with Crippen molar-refractivity contribution in [3.63, 3.8) is 0 Å². The van der Waals surface area contributed by atoms with Gasteiger partial charge in [-0.25, -0.2) is 4.79 Å². The van der Waals surface area contributed by atoms with E-state index in [1.807, 2.05) is 6.07 Å². The first-order valence-electron chi connectivity index (χ1n) is 8.04. The van der Waals surface area contributed by atoms with E-state index in [9.17, 15) is 14.9 Å². The van der Waals surface area contributed by atoms with Crippen LogP contribution in [0.1, 0.15) is 28.4 Å². The highest BCUT2D eigenvalue weighted by molar-refractivity contribution is 6.04. The number of aromatic nitrogens is 2. The van der Waals surface area contributed by atoms with Gasteiger partial charge in [-0.1, -0.05) is 6.07 Å². The van der Waals surface area contributed by atoms with Crippen LogP contribution < -0.4 is 10.9 Å². The van der Waals surface area contributed by atoms with E-state index in [-0.39, 0.29) is 23.4 Å². The van der Waals surface area contributed by atoms with Crippen molar-refractivity contribution in [2.24, 2.45) is 0 Å². The summed E-state index contributed by atoms with van der Waals surface area (Å²) >= 11 is 0. The Labute approximate surface area is 149 Å². The number of nitriles is 1. The third-order valence-electron chi connectivity index (χ3n) is 3.86. The number of hydrogen-bond donors (Lipinski definition) is 1. The van der Waals surface area contributed by atoms with Gasteiger partial charge in [0.05, 0.1) is 17.8 Å². The minimum Gasteiger partial charge on any atom is -0.462 e. The minimum atomic E-state index is -0.593. The third-order valence-corrected chi connectivity index (χ3v) is 3.86. The monoisotopic (exact) mass is 348 g/mol. The SMILES string of the molecule is CCOC(=O)c1c(NCc2ccncc2)c(C#N)c(=O)n2ccccc12. The van der Waals surface area contributed by atoms with Crippen LogP contribution >= 0.6 is 0 Å². The number of nitrogens with one attached hydrogen (secondary N) is 1. The lowest BCUT2D eigenvalue weighted by atomic mass is 10.1. The Morgan fingerprint density at radius 2 is 2.08 bits per heavy atom. The standard InChI is InChI=1S/C19H16N4O3/c1-2-26-19(25)16-15-5-3-4-10-23(15)18(24)14(11-20)17(16)22-12-13-6-8-21-9-7-13/h3-10,22H,2,12H2,1H3. The summed E-state index contributed by atoms with van der Waals surface area (Å²) in [5.41, 5.74) is 0.995. The Morgan fingerprint density at radius 3 is 2.77 bits per heavy atom. The topological polar surface area (TPSA) is 96.5 Å². The molecular formula is C19H16N4O3. The molecule has 0 spiro atoms. The average Bonchev–Trinajstić information content (AvgIpc) is 2.67. The molecule has 7 nitrogen and oxygen atoms in total. The van der Waals surface area contributed by atoms with Gasteiger partial charge in [-0.05, 0) is 36.8 Å². The van der Waals surface area contributed by atoms with Crippen molar-refractivity contribution in [3.05, 3.63) is 76.0 Å². The fourth-order valence-corrected chi connectivity index (χ4v) is 2.69. The van der Waals surface area contributed by atoms with E-state index in [0.29, 0.717) is 12.1 Å². The Morgan fingerprint density at radius 1 is 1.31 bits per heavy atom. The van der Waals surface area contributed by atoms with Crippen LogP contribution in [0.2, 0.25) is 0 Å². The number of carbonyl (C=O) groups excluding carboxylic acids is 1. The first-order chi connectivity index (χ1) is 12.7. The van der Waals surface area contributed by atoms with Crippen molar-refractivity contribution in [1.29, 1.82) is 5.26 Å². The average molecular weight is 348 g/mol. The zero-order chi connectivity index (χ0) is 18.5. The number of fused-ring (bicyclic) bond motifs is 1. The molecule has 130 valence electrons. The molecule has 0 unspecified atom stereocenters. The maximum absolute atomic E-state index is 12.7. The van der Waals surface area contributed by atoms with Crippen molar-refractivity contribution in [1.82, 2.24) is 9.38 Å². The normalized spacial score (nSPS) is 10.3. The molecule has 0 aliphatic carbocycles. The summed E-state index contributed by atoms with van der Waals surface area (Å²) in [6.45, 7) is 2.21. The van der Waals surface area contributed by atoms with Gasteiger partial charge in [0.15, 0.2) is 0 Å². The Kier molecular flexibility index (Phi) is 4.94. The van der Waals surface area contributed by atoms with Gasteiger partial charge in [0.1, 0.15) is 17.2 Å². The second kappa shape index (κ2) is 7.49. The van der Waals surface area contributed by atoms with Gasteiger partial charge >= 0.3 is 5.97 Å². The van der Waals surface area contributed by atoms with E-state index < -0.39 is 11.5 Å². The summed E-state index contributed by atoms with van der Waals surface area (Å²) in [5, 5.41) is 12.6. The highest BCUT2D eigenvalue weighted by Crippen LogP contribution is 2.24.